The molecule has 0 spiro atoms. The highest BCUT2D eigenvalue weighted by Gasteiger charge is 2.18. The number of hydrogen-bond donors (Lipinski definition) is 1. The van der Waals surface area contributed by atoms with Gasteiger partial charge in [-0.25, -0.2) is 9.78 Å². The molecule has 8 heteroatoms. The van der Waals surface area contributed by atoms with Gasteiger partial charge in [-0.1, -0.05) is 35.3 Å². The molecule has 0 aliphatic rings. The molecule has 0 saturated heterocycles. The second kappa shape index (κ2) is 7.98. The van der Waals surface area contributed by atoms with Crippen LogP contribution in [0.5, 0.6) is 5.75 Å². The van der Waals surface area contributed by atoms with Gasteiger partial charge in [0.2, 0.25) is 0 Å². The standard InChI is InChI=1S/C19H16Cl2N2O4/c1-10-4-3-5-13-17(10)22-16(23-18(13)24)9-26-19(25)11(2)27-15-7-6-12(20)8-14(15)21/h3-8,11H,9H2,1-2H3,(H,22,23,24). The summed E-state index contributed by atoms with van der Waals surface area (Å²) >= 11 is 11.9. The number of aromatic nitrogens is 2. The summed E-state index contributed by atoms with van der Waals surface area (Å²) < 4.78 is 10.7. The predicted molar refractivity (Wildman–Crippen MR) is 103 cm³/mol. The molecule has 1 N–H and O–H groups in total. The van der Waals surface area contributed by atoms with E-state index in [9.17, 15) is 9.59 Å². The number of carbonyl (C=O) groups excluding carboxylic acids is 1. The molecular formula is C19H16Cl2N2O4. The number of rotatable bonds is 5. The van der Waals surface area contributed by atoms with Gasteiger partial charge < -0.3 is 14.5 Å². The number of aromatic amines is 1. The Morgan fingerprint density at radius 1 is 1.26 bits per heavy atom. The highest BCUT2D eigenvalue weighted by molar-refractivity contribution is 6.35. The van der Waals surface area contributed by atoms with Gasteiger partial charge in [-0.15, -0.1) is 0 Å². The third-order valence-electron chi connectivity index (χ3n) is 3.87. The van der Waals surface area contributed by atoms with Crippen molar-refractivity contribution in [3.05, 3.63) is 68.2 Å². The molecular weight excluding hydrogens is 391 g/mol. The van der Waals surface area contributed by atoms with Crippen LogP contribution in [-0.2, 0) is 16.1 Å². The molecule has 0 aliphatic carbocycles. The van der Waals surface area contributed by atoms with Crippen molar-refractivity contribution < 1.29 is 14.3 Å². The Morgan fingerprint density at radius 2 is 2.04 bits per heavy atom. The minimum Gasteiger partial charge on any atom is -0.477 e. The average molecular weight is 407 g/mol. The summed E-state index contributed by atoms with van der Waals surface area (Å²) in [5.74, 6) is -0.0428. The monoisotopic (exact) mass is 406 g/mol. The summed E-state index contributed by atoms with van der Waals surface area (Å²) in [7, 11) is 0. The van der Waals surface area contributed by atoms with Crippen molar-refractivity contribution in [2.75, 3.05) is 0 Å². The minimum absolute atomic E-state index is 0.180. The quantitative estimate of drug-likeness (QED) is 0.646. The van der Waals surface area contributed by atoms with Crippen molar-refractivity contribution in [1.29, 1.82) is 0 Å². The Labute approximate surface area is 165 Å². The van der Waals surface area contributed by atoms with Crippen LogP contribution >= 0.6 is 23.2 Å². The lowest BCUT2D eigenvalue weighted by Crippen LogP contribution is -2.26. The number of fused-ring (bicyclic) bond motifs is 1. The zero-order valence-electron chi connectivity index (χ0n) is 14.6. The number of ether oxygens (including phenoxy) is 2. The van der Waals surface area contributed by atoms with E-state index in [0.29, 0.717) is 21.7 Å². The van der Waals surface area contributed by atoms with Crippen LogP contribution in [0.2, 0.25) is 10.0 Å². The molecule has 6 nitrogen and oxygen atoms in total. The number of halogens is 2. The molecule has 0 amide bonds. The van der Waals surface area contributed by atoms with E-state index in [-0.39, 0.29) is 23.0 Å². The molecule has 0 bridgehead atoms. The normalized spacial score (nSPS) is 12.0. The third-order valence-corrected chi connectivity index (χ3v) is 4.40. The van der Waals surface area contributed by atoms with Gasteiger partial charge in [0, 0.05) is 5.02 Å². The van der Waals surface area contributed by atoms with Crippen LogP contribution in [0, 0.1) is 6.92 Å². The Bertz CT molecular complexity index is 1070. The lowest BCUT2D eigenvalue weighted by Gasteiger charge is -2.15. The number of esters is 1. The zero-order chi connectivity index (χ0) is 19.6. The van der Waals surface area contributed by atoms with Gasteiger partial charge in [-0.2, -0.15) is 0 Å². The van der Waals surface area contributed by atoms with Gasteiger partial charge in [0.1, 0.15) is 18.2 Å². The van der Waals surface area contributed by atoms with E-state index < -0.39 is 12.1 Å². The van der Waals surface area contributed by atoms with Crippen LogP contribution in [-0.4, -0.2) is 22.0 Å². The average Bonchev–Trinajstić information content (AvgIpc) is 2.63. The largest absolute Gasteiger partial charge is 0.477 e. The van der Waals surface area contributed by atoms with Gasteiger partial charge in [0.15, 0.2) is 6.10 Å². The molecule has 140 valence electrons. The van der Waals surface area contributed by atoms with Gasteiger partial charge >= 0.3 is 5.97 Å². The van der Waals surface area contributed by atoms with E-state index in [0.717, 1.165) is 5.56 Å². The number of para-hydroxylation sites is 1. The molecule has 2 aromatic carbocycles. The first-order chi connectivity index (χ1) is 12.8. The number of nitrogens with one attached hydrogen (secondary N) is 1. The van der Waals surface area contributed by atoms with Crippen molar-refractivity contribution >= 4 is 40.1 Å². The lowest BCUT2D eigenvalue weighted by molar-refractivity contribution is -0.152. The van der Waals surface area contributed by atoms with Crippen LogP contribution < -0.4 is 10.3 Å². The molecule has 27 heavy (non-hydrogen) atoms. The fourth-order valence-corrected chi connectivity index (χ4v) is 2.94. The number of H-pyrrole nitrogens is 1. The highest BCUT2D eigenvalue weighted by Crippen LogP contribution is 2.28. The molecule has 1 aromatic heterocycles. The minimum atomic E-state index is -0.905. The van der Waals surface area contributed by atoms with Crippen molar-refractivity contribution in [1.82, 2.24) is 9.97 Å². The van der Waals surface area contributed by atoms with E-state index in [4.69, 9.17) is 32.7 Å². The third kappa shape index (κ3) is 4.40. The molecule has 1 atom stereocenters. The fourth-order valence-electron chi connectivity index (χ4n) is 2.49. The molecule has 3 aromatic rings. The van der Waals surface area contributed by atoms with E-state index >= 15 is 0 Å². The van der Waals surface area contributed by atoms with Crippen molar-refractivity contribution in [2.24, 2.45) is 0 Å². The van der Waals surface area contributed by atoms with Crippen molar-refractivity contribution in [2.45, 2.75) is 26.6 Å². The summed E-state index contributed by atoms with van der Waals surface area (Å²) in [6.07, 6.45) is -0.905. The first-order valence-electron chi connectivity index (χ1n) is 8.12. The van der Waals surface area contributed by atoms with Gasteiger partial charge in [0.25, 0.3) is 5.56 Å². The summed E-state index contributed by atoms with van der Waals surface area (Å²) in [5.41, 5.74) is 1.15. The summed E-state index contributed by atoms with van der Waals surface area (Å²) in [5, 5.41) is 1.24. The Kier molecular flexibility index (Phi) is 5.68. The number of benzene rings is 2. The molecule has 0 fully saturated rings. The second-order valence-electron chi connectivity index (χ2n) is 5.93. The number of carbonyl (C=O) groups is 1. The number of nitrogens with zero attached hydrogens (tertiary/aromatic N) is 1. The SMILES string of the molecule is Cc1cccc2c(=O)[nH]c(COC(=O)C(C)Oc3ccc(Cl)cc3Cl)nc12. The molecule has 0 aliphatic heterocycles. The molecule has 1 unspecified atom stereocenters. The maximum absolute atomic E-state index is 12.2. The summed E-state index contributed by atoms with van der Waals surface area (Å²) in [4.78, 5) is 31.3. The van der Waals surface area contributed by atoms with Crippen LogP contribution in [0.15, 0.2) is 41.2 Å². The zero-order valence-corrected chi connectivity index (χ0v) is 16.1. The van der Waals surface area contributed by atoms with E-state index in [2.05, 4.69) is 9.97 Å². The maximum Gasteiger partial charge on any atom is 0.347 e. The van der Waals surface area contributed by atoms with Crippen LogP contribution in [0.1, 0.15) is 18.3 Å². The fraction of sp³-hybridized carbons (Fsp3) is 0.211. The summed E-state index contributed by atoms with van der Waals surface area (Å²) in [6.45, 7) is 3.21. The second-order valence-corrected chi connectivity index (χ2v) is 6.77. The Balaban J connectivity index is 1.69. The predicted octanol–water partition coefficient (Wildman–Crippen LogP) is 4.05. The first-order valence-corrected chi connectivity index (χ1v) is 8.87. The first kappa shape index (κ1) is 19.2. The van der Waals surface area contributed by atoms with Gasteiger partial charge in [0.05, 0.1) is 15.9 Å². The maximum atomic E-state index is 12.2. The van der Waals surface area contributed by atoms with Crippen molar-refractivity contribution in [3.8, 4) is 5.75 Å². The summed E-state index contributed by atoms with van der Waals surface area (Å²) in [6, 6.07) is 10.0. The Morgan fingerprint density at radius 3 is 2.78 bits per heavy atom. The molecule has 0 radical (unpaired) electrons. The van der Waals surface area contributed by atoms with E-state index in [1.54, 1.807) is 24.3 Å². The van der Waals surface area contributed by atoms with Crippen LogP contribution in [0.25, 0.3) is 10.9 Å². The van der Waals surface area contributed by atoms with Crippen molar-refractivity contribution in [3.63, 3.8) is 0 Å². The van der Waals surface area contributed by atoms with Gasteiger partial charge in [-0.3, -0.25) is 4.79 Å². The van der Waals surface area contributed by atoms with Crippen LogP contribution in [0.3, 0.4) is 0 Å². The molecule has 1 heterocycles. The van der Waals surface area contributed by atoms with Gasteiger partial charge in [-0.05, 0) is 43.7 Å². The molecule has 0 saturated carbocycles. The smallest absolute Gasteiger partial charge is 0.347 e. The number of aryl methyl sites for hydroxylation is 1. The number of hydrogen-bond acceptors (Lipinski definition) is 5. The van der Waals surface area contributed by atoms with Crippen LogP contribution in [0.4, 0.5) is 0 Å². The topological polar surface area (TPSA) is 81.3 Å². The Hall–Kier alpha value is -2.57. The molecule has 3 rings (SSSR count). The lowest BCUT2D eigenvalue weighted by atomic mass is 10.1. The van der Waals surface area contributed by atoms with E-state index in [1.807, 2.05) is 13.0 Å². The van der Waals surface area contributed by atoms with E-state index in [1.165, 1.54) is 13.0 Å². The highest BCUT2D eigenvalue weighted by atomic mass is 35.5.